The van der Waals surface area contributed by atoms with Crippen LogP contribution in [0.15, 0.2) is 42.5 Å². The zero-order valence-corrected chi connectivity index (χ0v) is 19.6. The molecule has 0 heterocycles. The number of rotatable bonds is 10. The minimum absolute atomic E-state index is 0.0379. The summed E-state index contributed by atoms with van der Waals surface area (Å²) >= 11 is 0. The highest BCUT2D eigenvalue weighted by atomic mass is 32.2. The number of nitro groups is 1. The van der Waals surface area contributed by atoms with E-state index in [1.165, 1.54) is 19.2 Å². The topological polar surface area (TPSA) is 139 Å². The number of carbonyl (C=O) groups is 2. The summed E-state index contributed by atoms with van der Waals surface area (Å²) in [6, 6.07) is 9.82. The summed E-state index contributed by atoms with van der Waals surface area (Å²) in [6.45, 7) is 3.93. The first-order valence-corrected chi connectivity index (χ1v) is 11.9. The predicted octanol–water partition coefficient (Wildman–Crippen LogP) is 2.49. The molecule has 0 aliphatic rings. The molecule has 0 aromatic heterocycles. The Morgan fingerprint density at radius 3 is 2.30 bits per heavy atom. The first-order chi connectivity index (χ1) is 15.5. The summed E-state index contributed by atoms with van der Waals surface area (Å²) in [7, 11) is -2.76. The van der Waals surface area contributed by atoms with E-state index < -0.39 is 27.4 Å². The molecule has 0 bridgehead atoms. The number of hydrogen-bond donors (Lipinski definition) is 1. The molecule has 178 valence electrons. The monoisotopic (exact) mass is 478 g/mol. The summed E-state index contributed by atoms with van der Waals surface area (Å²) in [6.07, 6.45) is 0.871. The maximum absolute atomic E-state index is 12.8. The van der Waals surface area contributed by atoms with Gasteiger partial charge in [-0.15, -0.1) is 0 Å². The van der Waals surface area contributed by atoms with Gasteiger partial charge in [0.25, 0.3) is 11.6 Å². The van der Waals surface area contributed by atoms with Crippen LogP contribution in [0.5, 0.6) is 5.75 Å². The average Bonchev–Trinajstić information content (AvgIpc) is 2.77. The second-order valence-electron chi connectivity index (χ2n) is 6.95. The largest absolute Gasteiger partial charge is 0.495 e. The SMILES string of the molecule is CCN(CC)C(=O)c1ccccc1NC(=O)CN(c1cc([N+](=O)[O-])ccc1OC)S(C)(=O)=O. The number of nitrogens with one attached hydrogen (secondary N) is 1. The number of nitro benzene ring substituents is 1. The Hall–Kier alpha value is -3.67. The van der Waals surface area contributed by atoms with Crippen LogP contribution in [0.4, 0.5) is 17.1 Å². The number of para-hydroxylation sites is 1. The Morgan fingerprint density at radius 1 is 1.12 bits per heavy atom. The van der Waals surface area contributed by atoms with Crippen LogP contribution in [-0.4, -0.2) is 63.1 Å². The van der Waals surface area contributed by atoms with Crippen molar-refractivity contribution >= 4 is 38.9 Å². The van der Waals surface area contributed by atoms with Gasteiger partial charge in [0.1, 0.15) is 18.0 Å². The van der Waals surface area contributed by atoms with E-state index in [4.69, 9.17) is 4.74 Å². The van der Waals surface area contributed by atoms with Gasteiger partial charge in [-0.2, -0.15) is 0 Å². The van der Waals surface area contributed by atoms with E-state index in [0.717, 1.165) is 18.4 Å². The number of anilines is 2. The fourth-order valence-corrected chi connectivity index (χ4v) is 4.00. The van der Waals surface area contributed by atoms with Gasteiger partial charge in [-0.1, -0.05) is 12.1 Å². The minimum Gasteiger partial charge on any atom is -0.495 e. The number of benzene rings is 2. The number of ether oxygens (including phenoxy) is 1. The van der Waals surface area contributed by atoms with Crippen LogP contribution in [0.25, 0.3) is 0 Å². The van der Waals surface area contributed by atoms with Gasteiger partial charge in [-0.3, -0.25) is 24.0 Å². The van der Waals surface area contributed by atoms with E-state index in [1.54, 1.807) is 23.1 Å². The summed E-state index contributed by atoms with van der Waals surface area (Å²) in [4.78, 5) is 37.7. The van der Waals surface area contributed by atoms with Gasteiger partial charge in [0.2, 0.25) is 15.9 Å². The number of amides is 2. The van der Waals surface area contributed by atoms with E-state index in [-0.39, 0.29) is 34.3 Å². The third-order valence-electron chi connectivity index (χ3n) is 4.81. The van der Waals surface area contributed by atoms with Gasteiger partial charge in [0.15, 0.2) is 0 Å². The van der Waals surface area contributed by atoms with Crippen molar-refractivity contribution in [2.75, 3.05) is 42.6 Å². The highest BCUT2D eigenvalue weighted by Gasteiger charge is 2.27. The van der Waals surface area contributed by atoms with Crippen LogP contribution in [0.2, 0.25) is 0 Å². The molecule has 2 rings (SSSR count). The molecule has 33 heavy (non-hydrogen) atoms. The molecule has 2 aromatic carbocycles. The fraction of sp³-hybridized carbons (Fsp3) is 0.333. The first kappa shape index (κ1) is 25.6. The summed E-state index contributed by atoms with van der Waals surface area (Å²) in [5.74, 6) is -0.985. The number of methoxy groups -OCH3 is 1. The molecular weight excluding hydrogens is 452 g/mol. The summed E-state index contributed by atoms with van der Waals surface area (Å²) in [5, 5.41) is 13.8. The first-order valence-electron chi connectivity index (χ1n) is 10.0. The van der Waals surface area contributed by atoms with Crippen LogP contribution >= 0.6 is 0 Å². The van der Waals surface area contributed by atoms with Crippen molar-refractivity contribution in [1.82, 2.24) is 4.90 Å². The normalized spacial score (nSPS) is 10.9. The quantitative estimate of drug-likeness (QED) is 0.409. The number of carbonyl (C=O) groups excluding carboxylic acids is 2. The second-order valence-corrected chi connectivity index (χ2v) is 8.86. The van der Waals surface area contributed by atoms with Crippen molar-refractivity contribution in [2.45, 2.75) is 13.8 Å². The molecule has 0 fully saturated rings. The van der Waals surface area contributed by atoms with Crippen molar-refractivity contribution in [3.8, 4) is 5.75 Å². The third-order valence-corrected chi connectivity index (χ3v) is 5.94. The lowest BCUT2D eigenvalue weighted by atomic mass is 10.1. The predicted molar refractivity (Wildman–Crippen MR) is 124 cm³/mol. The van der Waals surface area contributed by atoms with E-state index in [1.807, 2.05) is 13.8 Å². The third kappa shape index (κ3) is 6.19. The van der Waals surface area contributed by atoms with Gasteiger partial charge in [0, 0.05) is 25.2 Å². The molecule has 2 aromatic rings. The van der Waals surface area contributed by atoms with E-state index in [0.29, 0.717) is 17.4 Å². The maximum Gasteiger partial charge on any atom is 0.271 e. The Balaban J connectivity index is 2.40. The molecule has 0 spiro atoms. The molecule has 0 atom stereocenters. The standard InChI is InChI=1S/C21H26N4O7S/c1-5-23(6-2)21(27)16-9-7-8-10-17(16)22-20(26)14-24(33(4,30)31)18-13-15(25(28)29)11-12-19(18)32-3/h7-13H,5-6,14H2,1-4H3,(H,22,26). The van der Waals surface area contributed by atoms with Gasteiger partial charge in [0.05, 0.1) is 29.5 Å². The molecule has 0 unspecified atom stereocenters. The van der Waals surface area contributed by atoms with Crippen molar-refractivity contribution < 1.29 is 27.7 Å². The number of nitrogens with zero attached hydrogens (tertiary/aromatic N) is 3. The minimum atomic E-state index is -4.03. The average molecular weight is 479 g/mol. The Bertz CT molecular complexity index is 1150. The van der Waals surface area contributed by atoms with Crippen LogP contribution < -0.4 is 14.4 Å². The lowest BCUT2D eigenvalue weighted by molar-refractivity contribution is -0.384. The van der Waals surface area contributed by atoms with Crippen molar-refractivity contribution in [1.29, 1.82) is 0 Å². The maximum atomic E-state index is 12.8. The zero-order chi connectivity index (χ0) is 24.8. The Kier molecular flexibility index (Phi) is 8.35. The van der Waals surface area contributed by atoms with Crippen LogP contribution in [0.1, 0.15) is 24.2 Å². The van der Waals surface area contributed by atoms with Crippen LogP contribution in [0, 0.1) is 10.1 Å². The molecule has 2 amide bonds. The Labute approximate surface area is 192 Å². The lowest BCUT2D eigenvalue weighted by Crippen LogP contribution is -2.38. The highest BCUT2D eigenvalue weighted by Crippen LogP contribution is 2.33. The lowest BCUT2D eigenvalue weighted by Gasteiger charge is -2.24. The summed E-state index contributed by atoms with van der Waals surface area (Å²) < 4.78 is 30.8. The molecule has 1 N–H and O–H groups in total. The molecule has 0 aliphatic carbocycles. The highest BCUT2D eigenvalue weighted by molar-refractivity contribution is 7.92. The van der Waals surface area contributed by atoms with E-state index in [2.05, 4.69) is 5.32 Å². The summed E-state index contributed by atoms with van der Waals surface area (Å²) in [5.41, 5.74) is -0.0425. The van der Waals surface area contributed by atoms with Crippen molar-refractivity contribution in [3.63, 3.8) is 0 Å². The molecule has 0 saturated heterocycles. The Morgan fingerprint density at radius 2 is 1.76 bits per heavy atom. The fourth-order valence-electron chi connectivity index (χ4n) is 3.15. The zero-order valence-electron chi connectivity index (χ0n) is 18.8. The van der Waals surface area contributed by atoms with Crippen LogP contribution in [0.3, 0.4) is 0 Å². The molecule has 11 nitrogen and oxygen atoms in total. The molecule has 0 radical (unpaired) electrons. The second kappa shape index (κ2) is 10.8. The van der Waals surface area contributed by atoms with Gasteiger partial charge in [-0.05, 0) is 32.0 Å². The molecule has 12 heteroatoms. The van der Waals surface area contributed by atoms with Gasteiger partial charge >= 0.3 is 0 Å². The smallest absolute Gasteiger partial charge is 0.271 e. The van der Waals surface area contributed by atoms with E-state index >= 15 is 0 Å². The van der Waals surface area contributed by atoms with Crippen molar-refractivity contribution in [3.05, 3.63) is 58.1 Å². The van der Waals surface area contributed by atoms with Crippen LogP contribution in [-0.2, 0) is 14.8 Å². The molecule has 0 aliphatic heterocycles. The number of hydrogen-bond acceptors (Lipinski definition) is 7. The molecule has 0 saturated carbocycles. The number of non-ortho nitro benzene ring substituents is 1. The van der Waals surface area contributed by atoms with E-state index in [9.17, 15) is 28.1 Å². The number of sulfonamides is 1. The van der Waals surface area contributed by atoms with Crippen molar-refractivity contribution in [2.24, 2.45) is 0 Å². The van der Waals surface area contributed by atoms with Gasteiger partial charge < -0.3 is 15.0 Å². The van der Waals surface area contributed by atoms with Gasteiger partial charge in [-0.25, -0.2) is 8.42 Å². The molecular formula is C21H26N4O7S.